The average Bonchev–Trinajstić information content (AvgIpc) is 1.97. The van der Waals surface area contributed by atoms with Gasteiger partial charge in [0.2, 0.25) is 11.8 Å². The molecule has 0 unspecified atom stereocenters. The van der Waals surface area contributed by atoms with Crippen LogP contribution in [0.2, 0.25) is 0 Å². The first-order valence-electron chi connectivity index (χ1n) is 3.67. The van der Waals surface area contributed by atoms with Gasteiger partial charge < -0.3 is 9.80 Å². The maximum Gasteiger partial charge on any atom is 0.242 e. The van der Waals surface area contributed by atoms with Crippen LogP contribution < -0.4 is 0 Å². The molecule has 1 aliphatic heterocycles. The largest absolute Gasteiger partial charge is 0.335 e. The minimum Gasteiger partial charge on any atom is -0.335 e. The topological polar surface area (TPSA) is 40.6 Å². The Morgan fingerprint density at radius 1 is 1.27 bits per heavy atom. The van der Waals surface area contributed by atoms with Crippen molar-refractivity contribution in [2.24, 2.45) is 0 Å². The van der Waals surface area contributed by atoms with Crippen molar-refractivity contribution in [1.82, 2.24) is 9.80 Å². The van der Waals surface area contributed by atoms with Crippen LogP contribution >= 0.6 is 0 Å². The number of rotatable bonds is 1. The van der Waals surface area contributed by atoms with Crippen molar-refractivity contribution < 1.29 is 9.59 Å². The molecular weight excluding hydrogens is 144 g/mol. The van der Waals surface area contributed by atoms with E-state index in [9.17, 15) is 9.59 Å². The maximum atomic E-state index is 11.1. The van der Waals surface area contributed by atoms with Crippen molar-refractivity contribution >= 4 is 11.8 Å². The Morgan fingerprint density at radius 3 is 2.45 bits per heavy atom. The first-order chi connectivity index (χ1) is 5.15. The molecule has 1 saturated heterocycles. The highest BCUT2D eigenvalue weighted by atomic mass is 16.2. The Balaban J connectivity index is 2.62. The van der Waals surface area contributed by atoms with Crippen molar-refractivity contribution in [3.63, 3.8) is 0 Å². The number of carbonyl (C=O) groups is 2. The van der Waals surface area contributed by atoms with Crippen LogP contribution in [-0.2, 0) is 9.59 Å². The second kappa shape index (κ2) is 2.90. The monoisotopic (exact) mass is 156 g/mol. The van der Waals surface area contributed by atoms with Crippen molar-refractivity contribution in [2.75, 3.05) is 26.7 Å². The van der Waals surface area contributed by atoms with Crippen LogP contribution in [0.5, 0.6) is 0 Å². The smallest absolute Gasteiger partial charge is 0.242 e. The van der Waals surface area contributed by atoms with Crippen LogP contribution in [0.1, 0.15) is 6.92 Å². The quantitative estimate of drug-likeness (QED) is 0.504. The van der Waals surface area contributed by atoms with E-state index in [1.165, 1.54) is 4.90 Å². The third-order valence-electron chi connectivity index (χ3n) is 1.86. The molecule has 0 aromatic carbocycles. The Morgan fingerprint density at radius 2 is 1.91 bits per heavy atom. The second-order valence-electron chi connectivity index (χ2n) is 2.66. The van der Waals surface area contributed by atoms with Crippen molar-refractivity contribution in [1.29, 1.82) is 0 Å². The van der Waals surface area contributed by atoms with Gasteiger partial charge in [-0.15, -0.1) is 0 Å². The summed E-state index contributed by atoms with van der Waals surface area (Å²) in [6, 6.07) is 0. The lowest BCUT2D eigenvalue weighted by molar-refractivity contribution is -0.148. The molecule has 0 aromatic rings. The number of carbonyl (C=O) groups excluding carboxylic acids is 2. The van der Waals surface area contributed by atoms with Gasteiger partial charge in [-0.25, -0.2) is 0 Å². The summed E-state index contributed by atoms with van der Waals surface area (Å²) in [6.07, 6.45) is 0. The molecule has 1 fully saturated rings. The highest BCUT2D eigenvalue weighted by molar-refractivity contribution is 5.92. The SMILES string of the molecule is CCN1CC(=O)N(C)CC1=O. The zero-order chi connectivity index (χ0) is 8.43. The van der Waals surface area contributed by atoms with Gasteiger partial charge in [-0.1, -0.05) is 0 Å². The molecule has 0 radical (unpaired) electrons. The van der Waals surface area contributed by atoms with E-state index in [0.29, 0.717) is 6.54 Å². The molecule has 1 aliphatic rings. The van der Waals surface area contributed by atoms with Gasteiger partial charge in [-0.05, 0) is 6.92 Å². The van der Waals surface area contributed by atoms with Crippen LogP contribution in [0.15, 0.2) is 0 Å². The molecule has 4 heteroatoms. The second-order valence-corrected chi connectivity index (χ2v) is 2.66. The molecule has 11 heavy (non-hydrogen) atoms. The summed E-state index contributed by atoms with van der Waals surface area (Å²) in [6.45, 7) is 2.97. The Labute approximate surface area is 65.8 Å². The summed E-state index contributed by atoms with van der Waals surface area (Å²) >= 11 is 0. The molecule has 0 spiro atoms. The van der Waals surface area contributed by atoms with Gasteiger partial charge in [-0.3, -0.25) is 9.59 Å². The van der Waals surface area contributed by atoms with Crippen molar-refractivity contribution in [3.05, 3.63) is 0 Å². The number of nitrogens with zero attached hydrogens (tertiary/aromatic N) is 2. The molecule has 0 atom stereocenters. The lowest BCUT2D eigenvalue weighted by atomic mass is 10.3. The average molecular weight is 156 g/mol. The molecule has 0 bridgehead atoms. The van der Waals surface area contributed by atoms with Crippen LogP contribution in [0.25, 0.3) is 0 Å². The van der Waals surface area contributed by atoms with Crippen molar-refractivity contribution in [3.8, 4) is 0 Å². The summed E-state index contributed by atoms with van der Waals surface area (Å²) < 4.78 is 0. The molecule has 0 aromatic heterocycles. The summed E-state index contributed by atoms with van der Waals surface area (Å²) in [5, 5.41) is 0. The van der Waals surface area contributed by atoms with Crippen LogP contribution in [0.3, 0.4) is 0 Å². The van der Waals surface area contributed by atoms with Crippen LogP contribution in [0, 0.1) is 0 Å². The summed E-state index contributed by atoms with van der Waals surface area (Å²) in [4.78, 5) is 25.2. The van der Waals surface area contributed by atoms with E-state index in [1.807, 2.05) is 6.92 Å². The minimum absolute atomic E-state index is 0.0199. The van der Waals surface area contributed by atoms with Gasteiger partial charge in [0.15, 0.2) is 0 Å². The maximum absolute atomic E-state index is 11.1. The summed E-state index contributed by atoms with van der Waals surface area (Å²) in [7, 11) is 1.65. The van der Waals surface area contributed by atoms with Gasteiger partial charge in [0.05, 0.1) is 13.1 Å². The highest BCUT2D eigenvalue weighted by Crippen LogP contribution is 2.00. The number of hydrogen-bond donors (Lipinski definition) is 0. The molecule has 2 amide bonds. The van der Waals surface area contributed by atoms with Crippen molar-refractivity contribution in [2.45, 2.75) is 6.92 Å². The standard InChI is InChI=1S/C7H12N2O2/c1-3-9-5-6(10)8(2)4-7(9)11/h3-5H2,1-2H3. The highest BCUT2D eigenvalue weighted by Gasteiger charge is 2.25. The molecule has 4 nitrogen and oxygen atoms in total. The Bertz CT molecular complexity index is 191. The minimum atomic E-state index is 0.0199. The van der Waals surface area contributed by atoms with E-state index in [0.717, 1.165) is 0 Å². The van der Waals surface area contributed by atoms with Crippen LogP contribution in [0.4, 0.5) is 0 Å². The number of hydrogen-bond acceptors (Lipinski definition) is 2. The molecule has 0 N–H and O–H groups in total. The third-order valence-corrected chi connectivity index (χ3v) is 1.86. The number of likely N-dealkylation sites (N-methyl/N-ethyl adjacent to an activating group) is 2. The molecule has 62 valence electrons. The van der Waals surface area contributed by atoms with E-state index in [1.54, 1.807) is 11.9 Å². The fourth-order valence-corrected chi connectivity index (χ4v) is 1.05. The van der Waals surface area contributed by atoms with E-state index < -0.39 is 0 Å². The molecule has 1 rings (SSSR count). The summed E-state index contributed by atoms with van der Waals surface area (Å²) in [5.74, 6) is 0.0565. The number of amides is 2. The van der Waals surface area contributed by atoms with E-state index in [-0.39, 0.29) is 24.9 Å². The zero-order valence-corrected chi connectivity index (χ0v) is 6.83. The van der Waals surface area contributed by atoms with Crippen LogP contribution in [-0.4, -0.2) is 48.3 Å². The Kier molecular flexibility index (Phi) is 2.12. The van der Waals surface area contributed by atoms with E-state index >= 15 is 0 Å². The van der Waals surface area contributed by atoms with Gasteiger partial charge in [0.25, 0.3) is 0 Å². The van der Waals surface area contributed by atoms with Gasteiger partial charge in [0, 0.05) is 13.6 Å². The Hall–Kier alpha value is -1.06. The predicted octanol–water partition coefficient (Wildman–Crippen LogP) is -0.693. The fraction of sp³-hybridized carbons (Fsp3) is 0.714. The molecule has 0 aliphatic carbocycles. The first kappa shape index (κ1) is 8.04. The first-order valence-corrected chi connectivity index (χ1v) is 3.67. The lowest BCUT2D eigenvalue weighted by Crippen LogP contribution is -2.51. The molecular formula is C7H12N2O2. The normalized spacial score (nSPS) is 19.5. The fourth-order valence-electron chi connectivity index (χ4n) is 1.05. The van der Waals surface area contributed by atoms with Gasteiger partial charge >= 0.3 is 0 Å². The molecule has 1 heterocycles. The number of piperazine rings is 1. The van der Waals surface area contributed by atoms with E-state index in [2.05, 4.69) is 0 Å². The van der Waals surface area contributed by atoms with Gasteiger partial charge in [0.1, 0.15) is 0 Å². The third kappa shape index (κ3) is 1.50. The molecule has 0 saturated carbocycles. The predicted molar refractivity (Wildman–Crippen MR) is 39.9 cm³/mol. The van der Waals surface area contributed by atoms with Gasteiger partial charge in [-0.2, -0.15) is 0 Å². The van der Waals surface area contributed by atoms with E-state index in [4.69, 9.17) is 0 Å². The zero-order valence-electron chi connectivity index (χ0n) is 6.83. The summed E-state index contributed by atoms with van der Waals surface area (Å²) in [5.41, 5.74) is 0. The lowest BCUT2D eigenvalue weighted by Gasteiger charge is -2.30.